The highest BCUT2D eigenvalue weighted by atomic mass is 16.2. The second-order valence-corrected chi connectivity index (χ2v) is 5.95. The predicted octanol–water partition coefficient (Wildman–Crippen LogP) is 2.47. The molecule has 0 unspecified atom stereocenters. The van der Waals surface area contributed by atoms with Gasteiger partial charge >= 0.3 is 0 Å². The van der Waals surface area contributed by atoms with Crippen LogP contribution in [-0.4, -0.2) is 36.7 Å². The normalized spacial score (nSPS) is 15.8. The maximum atomic E-state index is 11.8. The van der Waals surface area contributed by atoms with Crippen LogP contribution in [-0.2, 0) is 4.79 Å². The summed E-state index contributed by atoms with van der Waals surface area (Å²) in [6.45, 7) is 10.9. The van der Waals surface area contributed by atoms with Gasteiger partial charge in [-0.25, -0.2) is 5.43 Å². The first-order valence-corrected chi connectivity index (χ1v) is 7.60. The molecule has 1 aromatic carbocycles. The van der Waals surface area contributed by atoms with Crippen molar-refractivity contribution in [3.05, 3.63) is 33.9 Å². The maximum Gasteiger partial charge on any atom is 0.254 e. The molecule has 1 N–H and O–H groups in total. The lowest BCUT2D eigenvalue weighted by molar-refractivity contribution is -0.121. The fourth-order valence-electron chi connectivity index (χ4n) is 2.79. The van der Waals surface area contributed by atoms with Gasteiger partial charge in [0.15, 0.2) is 0 Å². The van der Waals surface area contributed by atoms with E-state index >= 15 is 0 Å². The first-order valence-electron chi connectivity index (χ1n) is 7.60. The second kappa shape index (κ2) is 6.85. The topological polar surface area (TPSA) is 44.7 Å². The summed E-state index contributed by atoms with van der Waals surface area (Å²) in [7, 11) is 0. The third-order valence-corrected chi connectivity index (χ3v) is 4.37. The van der Waals surface area contributed by atoms with Crippen LogP contribution in [0.25, 0.3) is 0 Å². The SMILES string of the molecule is Cc1cc(C)c(C)c(/C=N/NC(=O)CN2CCCC2)c1C. The maximum absolute atomic E-state index is 11.8. The van der Waals surface area contributed by atoms with E-state index in [0.717, 1.165) is 18.7 Å². The van der Waals surface area contributed by atoms with Crippen molar-refractivity contribution in [2.45, 2.75) is 40.5 Å². The van der Waals surface area contributed by atoms with E-state index in [9.17, 15) is 4.79 Å². The number of carbonyl (C=O) groups is 1. The first-order chi connectivity index (χ1) is 9.99. The molecule has 0 aromatic heterocycles. The molecule has 1 fully saturated rings. The highest BCUT2D eigenvalue weighted by Crippen LogP contribution is 2.19. The van der Waals surface area contributed by atoms with Crippen molar-refractivity contribution in [3.63, 3.8) is 0 Å². The van der Waals surface area contributed by atoms with Crippen LogP contribution in [0.4, 0.5) is 0 Å². The van der Waals surface area contributed by atoms with Crippen molar-refractivity contribution < 1.29 is 4.79 Å². The quantitative estimate of drug-likeness (QED) is 0.683. The van der Waals surface area contributed by atoms with Gasteiger partial charge in [-0.15, -0.1) is 0 Å². The Hall–Kier alpha value is -1.68. The first kappa shape index (κ1) is 15.7. The van der Waals surface area contributed by atoms with E-state index in [1.54, 1.807) is 6.21 Å². The van der Waals surface area contributed by atoms with E-state index in [1.807, 2.05) is 0 Å². The molecule has 0 saturated carbocycles. The summed E-state index contributed by atoms with van der Waals surface area (Å²) in [4.78, 5) is 14.0. The van der Waals surface area contributed by atoms with Crippen molar-refractivity contribution in [2.75, 3.05) is 19.6 Å². The number of hydrazone groups is 1. The fraction of sp³-hybridized carbons (Fsp3) is 0.529. The Morgan fingerprint density at radius 1 is 1.19 bits per heavy atom. The van der Waals surface area contributed by atoms with E-state index in [1.165, 1.54) is 35.1 Å². The van der Waals surface area contributed by atoms with E-state index < -0.39 is 0 Å². The van der Waals surface area contributed by atoms with E-state index in [2.05, 4.69) is 49.2 Å². The van der Waals surface area contributed by atoms with Crippen LogP contribution in [0.5, 0.6) is 0 Å². The summed E-state index contributed by atoms with van der Waals surface area (Å²) >= 11 is 0. The molecule has 1 aliphatic rings. The molecule has 2 rings (SSSR count). The van der Waals surface area contributed by atoms with E-state index in [4.69, 9.17) is 0 Å². The van der Waals surface area contributed by atoms with Crippen molar-refractivity contribution >= 4 is 12.1 Å². The van der Waals surface area contributed by atoms with Crippen LogP contribution >= 0.6 is 0 Å². The largest absolute Gasteiger partial charge is 0.294 e. The molecule has 4 nitrogen and oxygen atoms in total. The number of hydrogen-bond acceptors (Lipinski definition) is 3. The molecule has 21 heavy (non-hydrogen) atoms. The third kappa shape index (κ3) is 3.91. The lowest BCUT2D eigenvalue weighted by atomic mass is 9.95. The predicted molar refractivity (Wildman–Crippen MR) is 86.8 cm³/mol. The van der Waals surface area contributed by atoms with Crippen molar-refractivity contribution in [2.24, 2.45) is 5.10 Å². The number of likely N-dealkylation sites (tertiary alicyclic amines) is 1. The smallest absolute Gasteiger partial charge is 0.254 e. The van der Waals surface area contributed by atoms with Gasteiger partial charge in [0.1, 0.15) is 0 Å². The van der Waals surface area contributed by atoms with Crippen LogP contribution in [0.2, 0.25) is 0 Å². The Morgan fingerprint density at radius 2 is 1.76 bits per heavy atom. The highest BCUT2D eigenvalue weighted by molar-refractivity contribution is 5.86. The molecule has 0 spiro atoms. The van der Waals surface area contributed by atoms with Crippen LogP contribution < -0.4 is 5.43 Å². The minimum Gasteiger partial charge on any atom is -0.294 e. The van der Waals surface area contributed by atoms with Gasteiger partial charge in [-0.2, -0.15) is 5.10 Å². The summed E-state index contributed by atoms with van der Waals surface area (Å²) in [5.41, 5.74) is 8.69. The molecule has 0 radical (unpaired) electrons. The summed E-state index contributed by atoms with van der Waals surface area (Å²) in [6, 6.07) is 2.19. The Labute approximate surface area is 127 Å². The number of nitrogens with one attached hydrogen (secondary N) is 1. The fourth-order valence-corrected chi connectivity index (χ4v) is 2.79. The number of amides is 1. The van der Waals surface area contributed by atoms with Crippen molar-refractivity contribution in [3.8, 4) is 0 Å². The van der Waals surface area contributed by atoms with Crippen molar-refractivity contribution in [1.82, 2.24) is 10.3 Å². The average molecular weight is 287 g/mol. The Bertz CT molecular complexity index is 531. The van der Waals surface area contributed by atoms with Gasteiger partial charge in [0.2, 0.25) is 0 Å². The average Bonchev–Trinajstić information content (AvgIpc) is 2.93. The molecule has 0 bridgehead atoms. The lowest BCUT2D eigenvalue weighted by Crippen LogP contribution is -2.33. The molecule has 4 heteroatoms. The zero-order valence-corrected chi connectivity index (χ0v) is 13.5. The summed E-state index contributed by atoms with van der Waals surface area (Å²) in [6.07, 6.45) is 4.15. The Morgan fingerprint density at radius 3 is 2.33 bits per heavy atom. The van der Waals surface area contributed by atoms with E-state index in [-0.39, 0.29) is 5.91 Å². The number of carbonyl (C=O) groups excluding carboxylic acids is 1. The number of benzene rings is 1. The number of aryl methyl sites for hydroxylation is 2. The third-order valence-electron chi connectivity index (χ3n) is 4.37. The van der Waals surface area contributed by atoms with Gasteiger partial charge in [0, 0.05) is 5.56 Å². The number of nitrogens with zero attached hydrogens (tertiary/aromatic N) is 2. The molecule has 1 heterocycles. The van der Waals surface area contributed by atoms with E-state index in [0.29, 0.717) is 6.54 Å². The highest BCUT2D eigenvalue weighted by Gasteiger charge is 2.14. The van der Waals surface area contributed by atoms with Gasteiger partial charge in [-0.05, 0) is 75.9 Å². The van der Waals surface area contributed by atoms with Crippen LogP contribution in [0.15, 0.2) is 11.2 Å². The van der Waals surface area contributed by atoms with Gasteiger partial charge in [0.05, 0.1) is 12.8 Å². The summed E-state index contributed by atoms with van der Waals surface area (Å²) in [5.74, 6) is -0.0344. The molecule has 1 aliphatic heterocycles. The van der Waals surface area contributed by atoms with Crippen LogP contribution in [0.3, 0.4) is 0 Å². The number of hydrogen-bond donors (Lipinski definition) is 1. The van der Waals surface area contributed by atoms with Crippen LogP contribution in [0.1, 0.15) is 40.7 Å². The molecule has 0 aliphatic carbocycles. The zero-order chi connectivity index (χ0) is 15.4. The molecular weight excluding hydrogens is 262 g/mol. The lowest BCUT2D eigenvalue weighted by Gasteiger charge is -2.13. The second-order valence-electron chi connectivity index (χ2n) is 5.95. The monoisotopic (exact) mass is 287 g/mol. The van der Waals surface area contributed by atoms with Gasteiger partial charge < -0.3 is 0 Å². The molecule has 1 aromatic rings. The van der Waals surface area contributed by atoms with Gasteiger partial charge in [-0.1, -0.05) is 6.07 Å². The summed E-state index contributed by atoms with van der Waals surface area (Å²) in [5, 5.41) is 4.14. The molecular formula is C17H25N3O. The zero-order valence-electron chi connectivity index (χ0n) is 13.5. The standard InChI is InChI=1S/C17H25N3O/c1-12-9-13(2)15(4)16(14(12)3)10-18-19-17(21)11-20-7-5-6-8-20/h9-10H,5-8,11H2,1-4H3,(H,19,21)/b18-10+. The number of rotatable bonds is 4. The van der Waals surface area contributed by atoms with Gasteiger partial charge in [0.25, 0.3) is 5.91 Å². The van der Waals surface area contributed by atoms with Gasteiger partial charge in [-0.3, -0.25) is 9.69 Å². The minimum atomic E-state index is -0.0344. The van der Waals surface area contributed by atoms with Crippen LogP contribution in [0, 0.1) is 27.7 Å². The summed E-state index contributed by atoms with van der Waals surface area (Å²) < 4.78 is 0. The Balaban J connectivity index is 1.99. The minimum absolute atomic E-state index is 0.0344. The Kier molecular flexibility index (Phi) is 5.12. The molecule has 114 valence electrons. The van der Waals surface area contributed by atoms with Crippen molar-refractivity contribution in [1.29, 1.82) is 0 Å². The molecule has 0 atom stereocenters. The molecule has 1 saturated heterocycles. The molecule has 1 amide bonds.